The van der Waals surface area contributed by atoms with E-state index < -0.39 is 0 Å². The fraction of sp³-hybridized carbons (Fsp3) is 0.154. The molecule has 2 heteroatoms. The van der Waals surface area contributed by atoms with Gasteiger partial charge in [-0.3, -0.25) is 4.99 Å². The normalized spacial score (nSPS) is 11.3. The third kappa shape index (κ3) is 3.43. The Labute approximate surface area is 90.8 Å². The summed E-state index contributed by atoms with van der Waals surface area (Å²) in [6.45, 7) is 6.06. The van der Waals surface area contributed by atoms with E-state index >= 15 is 0 Å². The van der Waals surface area contributed by atoms with Crippen LogP contribution in [0.5, 0.6) is 0 Å². The van der Waals surface area contributed by atoms with Gasteiger partial charge in [0.15, 0.2) is 0 Å². The minimum atomic E-state index is 0.885. The summed E-state index contributed by atoms with van der Waals surface area (Å²) in [5, 5.41) is 0. The predicted molar refractivity (Wildman–Crippen MR) is 66.7 cm³/mol. The lowest BCUT2D eigenvalue weighted by molar-refractivity contribution is 1.14. The van der Waals surface area contributed by atoms with Crippen LogP contribution in [0, 0.1) is 0 Å². The van der Waals surface area contributed by atoms with Gasteiger partial charge in [0.05, 0.1) is 0 Å². The molecule has 0 amide bonds. The van der Waals surface area contributed by atoms with E-state index in [1.807, 2.05) is 0 Å². The van der Waals surface area contributed by atoms with Gasteiger partial charge in [-0.1, -0.05) is 37.8 Å². The highest BCUT2D eigenvalue weighted by Crippen LogP contribution is 2.12. The van der Waals surface area contributed by atoms with Crippen molar-refractivity contribution in [2.24, 2.45) is 10.7 Å². The van der Waals surface area contributed by atoms with E-state index in [4.69, 9.17) is 5.73 Å². The second kappa shape index (κ2) is 5.81. The van der Waals surface area contributed by atoms with Crippen molar-refractivity contribution in [2.45, 2.75) is 13.3 Å². The summed E-state index contributed by atoms with van der Waals surface area (Å²) >= 11 is 0. The first-order valence-corrected chi connectivity index (χ1v) is 4.96. The third-order valence-corrected chi connectivity index (χ3v) is 2.14. The Morgan fingerprint density at radius 3 is 2.60 bits per heavy atom. The van der Waals surface area contributed by atoms with Gasteiger partial charge >= 0.3 is 0 Å². The summed E-state index contributed by atoms with van der Waals surface area (Å²) in [5.74, 6) is 0. The van der Waals surface area contributed by atoms with Crippen LogP contribution in [0.15, 0.2) is 48.2 Å². The number of aryl methyl sites for hydroxylation is 1. The average molecular weight is 200 g/mol. The zero-order chi connectivity index (χ0) is 11.1. The summed E-state index contributed by atoms with van der Waals surface area (Å²) in [7, 11) is 0. The largest absolute Gasteiger partial charge is 0.403 e. The first-order chi connectivity index (χ1) is 7.27. The van der Waals surface area contributed by atoms with Crippen molar-refractivity contribution in [1.29, 1.82) is 0 Å². The molecule has 0 aliphatic carbocycles. The molecule has 0 bridgehead atoms. The number of benzene rings is 1. The Hall–Kier alpha value is -1.83. The van der Waals surface area contributed by atoms with Crippen LogP contribution in [0.25, 0.3) is 5.57 Å². The number of allylic oxidation sites excluding steroid dienone is 1. The van der Waals surface area contributed by atoms with E-state index in [2.05, 4.69) is 42.8 Å². The summed E-state index contributed by atoms with van der Waals surface area (Å²) in [6, 6.07) is 8.32. The highest BCUT2D eigenvalue weighted by Gasteiger charge is 1.95. The molecule has 0 heterocycles. The fourth-order valence-corrected chi connectivity index (χ4v) is 1.21. The number of hydrogen-bond donors (Lipinski definition) is 1. The maximum Gasteiger partial charge on any atom is 0.0422 e. The van der Waals surface area contributed by atoms with Crippen LogP contribution < -0.4 is 5.73 Å². The molecule has 78 valence electrons. The van der Waals surface area contributed by atoms with Gasteiger partial charge in [-0.2, -0.15) is 0 Å². The van der Waals surface area contributed by atoms with Crippen molar-refractivity contribution in [2.75, 3.05) is 0 Å². The van der Waals surface area contributed by atoms with Crippen molar-refractivity contribution in [3.63, 3.8) is 0 Å². The molecular weight excluding hydrogens is 184 g/mol. The number of nitrogens with zero attached hydrogens (tertiary/aromatic N) is 1. The molecule has 0 spiro atoms. The maximum absolute atomic E-state index is 5.17. The van der Waals surface area contributed by atoms with Crippen molar-refractivity contribution in [3.8, 4) is 0 Å². The number of rotatable bonds is 4. The van der Waals surface area contributed by atoms with Crippen LogP contribution in [-0.4, -0.2) is 6.21 Å². The summed E-state index contributed by atoms with van der Waals surface area (Å²) in [6.07, 6.45) is 5.68. The summed E-state index contributed by atoms with van der Waals surface area (Å²) in [4.78, 5) is 3.98. The highest BCUT2D eigenvalue weighted by molar-refractivity contribution is 6.08. The Bertz CT molecular complexity index is 372. The van der Waals surface area contributed by atoms with Crippen molar-refractivity contribution >= 4 is 11.8 Å². The van der Waals surface area contributed by atoms with Gasteiger partial charge in [-0.15, -0.1) is 0 Å². The molecule has 0 aliphatic rings. The molecule has 1 aromatic rings. The zero-order valence-corrected chi connectivity index (χ0v) is 8.98. The quantitative estimate of drug-likeness (QED) is 0.746. The minimum absolute atomic E-state index is 0.885. The third-order valence-electron chi connectivity index (χ3n) is 2.14. The molecule has 0 fully saturated rings. The molecule has 1 aromatic carbocycles. The standard InChI is InChI=1S/C13H16N2/c1-3-12-4-6-13(7-5-12)11(2)10-15-9-8-14/h4-10H,2-3,14H2,1H3/b9-8-,15-10-. The predicted octanol–water partition coefficient (Wildman–Crippen LogP) is 2.76. The van der Waals surface area contributed by atoms with Gasteiger partial charge in [0, 0.05) is 18.6 Å². The van der Waals surface area contributed by atoms with Crippen molar-refractivity contribution < 1.29 is 0 Å². The molecule has 0 unspecified atom stereocenters. The highest BCUT2D eigenvalue weighted by atomic mass is 14.7. The van der Waals surface area contributed by atoms with E-state index in [9.17, 15) is 0 Å². The van der Waals surface area contributed by atoms with E-state index in [0.717, 1.165) is 17.6 Å². The van der Waals surface area contributed by atoms with Crippen LogP contribution in [0.1, 0.15) is 18.1 Å². The van der Waals surface area contributed by atoms with Gasteiger partial charge in [0.1, 0.15) is 0 Å². The topological polar surface area (TPSA) is 38.4 Å². The lowest BCUT2D eigenvalue weighted by Gasteiger charge is -2.01. The average Bonchev–Trinajstić information content (AvgIpc) is 2.29. The molecule has 0 saturated heterocycles. The Morgan fingerprint density at radius 1 is 1.40 bits per heavy atom. The van der Waals surface area contributed by atoms with Crippen LogP contribution in [0.4, 0.5) is 0 Å². The molecule has 15 heavy (non-hydrogen) atoms. The Balaban J connectivity index is 2.74. The van der Waals surface area contributed by atoms with Crippen molar-refractivity contribution in [3.05, 3.63) is 54.4 Å². The molecule has 0 radical (unpaired) electrons. The van der Waals surface area contributed by atoms with E-state index in [0.29, 0.717) is 0 Å². The molecule has 2 N–H and O–H groups in total. The van der Waals surface area contributed by atoms with Gasteiger partial charge in [-0.25, -0.2) is 0 Å². The smallest absolute Gasteiger partial charge is 0.0422 e. The monoisotopic (exact) mass is 200 g/mol. The van der Waals surface area contributed by atoms with Crippen LogP contribution >= 0.6 is 0 Å². The minimum Gasteiger partial charge on any atom is -0.403 e. The SMILES string of the molecule is C=C(/C=N\C=C/N)c1ccc(CC)cc1. The molecule has 0 atom stereocenters. The first kappa shape index (κ1) is 11.2. The maximum atomic E-state index is 5.17. The lowest BCUT2D eigenvalue weighted by atomic mass is 10.1. The Morgan fingerprint density at radius 2 is 2.07 bits per heavy atom. The van der Waals surface area contributed by atoms with Gasteiger partial charge < -0.3 is 5.73 Å². The second-order valence-electron chi connectivity index (χ2n) is 3.20. The van der Waals surface area contributed by atoms with Gasteiger partial charge in [0.25, 0.3) is 0 Å². The summed E-state index contributed by atoms with van der Waals surface area (Å²) < 4.78 is 0. The molecular formula is C13H16N2. The molecule has 2 nitrogen and oxygen atoms in total. The zero-order valence-electron chi connectivity index (χ0n) is 8.98. The lowest BCUT2D eigenvalue weighted by Crippen LogP contribution is -1.86. The van der Waals surface area contributed by atoms with Crippen LogP contribution in [0.2, 0.25) is 0 Å². The van der Waals surface area contributed by atoms with Crippen LogP contribution in [-0.2, 0) is 6.42 Å². The molecule has 0 aromatic heterocycles. The number of hydrogen-bond acceptors (Lipinski definition) is 2. The molecule has 0 saturated carbocycles. The number of nitrogens with two attached hydrogens (primary N) is 1. The van der Waals surface area contributed by atoms with E-state index in [1.54, 1.807) is 6.21 Å². The molecule has 1 rings (SSSR count). The summed E-state index contributed by atoms with van der Waals surface area (Å²) in [5.41, 5.74) is 8.46. The second-order valence-corrected chi connectivity index (χ2v) is 3.20. The molecule has 0 aliphatic heterocycles. The Kier molecular flexibility index (Phi) is 4.35. The number of aliphatic imine (C=N–C) groups is 1. The van der Waals surface area contributed by atoms with E-state index in [-0.39, 0.29) is 0 Å². The van der Waals surface area contributed by atoms with Gasteiger partial charge in [-0.05, 0) is 23.1 Å². The van der Waals surface area contributed by atoms with Gasteiger partial charge in [0.2, 0.25) is 0 Å². The van der Waals surface area contributed by atoms with Crippen LogP contribution in [0.3, 0.4) is 0 Å². The fourth-order valence-electron chi connectivity index (χ4n) is 1.21. The first-order valence-electron chi connectivity index (χ1n) is 4.96. The van der Waals surface area contributed by atoms with E-state index in [1.165, 1.54) is 18.0 Å². The van der Waals surface area contributed by atoms with Crippen molar-refractivity contribution in [1.82, 2.24) is 0 Å².